The fourth-order valence-electron chi connectivity index (χ4n) is 2.55. The van der Waals surface area contributed by atoms with Gasteiger partial charge >= 0.3 is 0 Å². The molecule has 1 aliphatic carbocycles. The number of rotatable bonds is 2. The quantitative estimate of drug-likeness (QED) is 0.882. The van der Waals surface area contributed by atoms with Crippen molar-refractivity contribution in [3.05, 3.63) is 11.2 Å². The normalized spacial score (nSPS) is 24.6. The van der Waals surface area contributed by atoms with E-state index in [2.05, 4.69) is 21.8 Å². The van der Waals surface area contributed by atoms with Crippen LogP contribution in [0, 0.1) is 5.92 Å². The molecule has 0 bridgehead atoms. The molecule has 2 unspecified atom stereocenters. The highest BCUT2D eigenvalue weighted by Crippen LogP contribution is 2.31. The Bertz CT molecular complexity index is 396. The van der Waals surface area contributed by atoms with Gasteiger partial charge < -0.3 is 10.6 Å². The molecule has 0 aliphatic heterocycles. The van der Waals surface area contributed by atoms with Crippen LogP contribution in [0.25, 0.3) is 0 Å². The van der Waals surface area contributed by atoms with E-state index in [1.165, 1.54) is 25.7 Å². The molecular weight excluding hydrogens is 236 g/mol. The fraction of sp³-hybridized carbons (Fsp3) is 0.667. The van der Waals surface area contributed by atoms with Crippen molar-refractivity contribution >= 4 is 23.4 Å². The van der Waals surface area contributed by atoms with Crippen LogP contribution in [0.4, 0.5) is 11.8 Å². The molecule has 1 fully saturated rings. The van der Waals surface area contributed by atoms with Crippen LogP contribution in [0.3, 0.4) is 0 Å². The summed E-state index contributed by atoms with van der Waals surface area (Å²) in [5, 5.41) is 0.569. The van der Waals surface area contributed by atoms with Gasteiger partial charge in [-0.2, -0.15) is 4.98 Å². The summed E-state index contributed by atoms with van der Waals surface area (Å²) in [4.78, 5) is 10.3. The molecule has 1 aromatic heterocycles. The summed E-state index contributed by atoms with van der Waals surface area (Å²) in [7, 11) is 2.04. The van der Waals surface area contributed by atoms with E-state index in [1.54, 1.807) is 6.20 Å². The largest absolute Gasteiger partial charge is 0.368 e. The predicted molar refractivity (Wildman–Crippen MR) is 71.3 cm³/mol. The average Bonchev–Trinajstić information content (AvgIpc) is 2.31. The molecule has 1 saturated carbocycles. The number of halogens is 1. The van der Waals surface area contributed by atoms with Crippen LogP contribution in [-0.4, -0.2) is 23.1 Å². The Balaban J connectivity index is 2.18. The Morgan fingerprint density at radius 3 is 2.94 bits per heavy atom. The molecule has 17 heavy (non-hydrogen) atoms. The first-order chi connectivity index (χ1) is 8.08. The Morgan fingerprint density at radius 2 is 2.24 bits per heavy atom. The molecule has 0 radical (unpaired) electrons. The summed E-state index contributed by atoms with van der Waals surface area (Å²) in [6, 6.07) is 0.505. The number of hydrogen-bond donors (Lipinski definition) is 1. The lowest BCUT2D eigenvalue weighted by Crippen LogP contribution is -2.36. The van der Waals surface area contributed by atoms with Gasteiger partial charge in [0.25, 0.3) is 0 Å². The summed E-state index contributed by atoms with van der Waals surface area (Å²) >= 11 is 6.12. The van der Waals surface area contributed by atoms with Crippen molar-refractivity contribution < 1.29 is 0 Å². The first kappa shape index (κ1) is 12.4. The zero-order valence-electron chi connectivity index (χ0n) is 10.4. The molecule has 1 aromatic rings. The summed E-state index contributed by atoms with van der Waals surface area (Å²) in [5.74, 6) is 1.80. The molecule has 2 atom stereocenters. The summed E-state index contributed by atoms with van der Waals surface area (Å²) in [5.41, 5.74) is 5.61. The summed E-state index contributed by atoms with van der Waals surface area (Å²) < 4.78 is 0. The lowest BCUT2D eigenvalue weighted by Gasteiger charge is -2.35. The van der Waals surface area contributed by atoms with Crippen molar-refractivity contribution in [2.75, 3.05) is 17.7 Å². The van der Waals surface area contributed by atoms with E-state index in [1.807, 2.05) is 7.05 Å². The lowest BCUT2D eigenvalue weighted by molar-refractivity contribution is 0.335. The van der Waals surface area contributed by atoms with Gasteiger partial charge in [0, 0.05) is 13.1 Å². The van der Waals surface area contributed by atoms with Gasteiger partial charge in [-0.1, -0.05) is 31.4 Å². The molecule has 0 spiro atoms. The standard InChI is InChI=1S/C12H19ClN4/c1-8-4-3-5-9(6-8)17(2)11-10(13)7-15-12(14)16-11/h7-9H,3-6H2,1-2H3,(H2,14,15,16). The minimum atomic E-state index is 0.278. The number of aromatic nitrogens is 2. The Kier molecular flexibility index (Phi) is 3.72. The van der Waals surface area contributed by atoms with E-state index in [0.717, 1.165) is 11.7 Å². The smallest absolute Gasteiger partial charge is 0.222 e. The number of nitrogens with two attached hydrogens (primary N) is 1. The van der Waals surface area contributed by atoms with Gasteiger partial charge in [-0.3, -0.25) is 0 Å². The molecule has 0 amide bonds. The molecule has 0 saturated heterocycles. The van der Waals surface area contributed by atoms with Crippen molar-refractivity contribution in [1.29, 1.82) is 0 Å². The van der Waals surface area contributed by atoms with Crippen LogP contribution in [0.2, 0.25) is 5.02 Å². The molecule has 1 heterocycles. The maximum atomic E-state index is 6.12. The topological polar surface area (TPSA) is 55.0 Å². The monoisotopic (exact) mass is 254 g/mol. The van der Waals surface area contributed by atoms with E-state index in [9.17, 15) is 0 Å². The van der Waals surface area contributed by atoms with Crippen LogP contribution in [-0.2, 0) is 0 Å². The maximum Gasteiger partial charge on any atom is 0.222 e. The minimum absolute atomic E-state index is 0.278. The van der Waals surface area contributed by atoms with Crippen LogP contribution in [0.1, 0.15) is 32.6 Å². The molecule has 5 heteroatoms. The highest BCUT2D eigenvalue weighted by Gasteiger charge is 2.24. The second kappa shape index (κ2) is 5.08. The fourth-order valence-corrected chi connectivity index (χ4v) is 2.77. The van der Waals surface area contributed by atoms with Crippen molar-refractivity contribution in [3.63, 3.8) is 0 Å². The predicted octanol–water partition coefficient (Wildman–Crippen LogP) is 2.73. The number of nitrogens with zero attached hydrogens (tertiary/aromatic N) is 3. The highest BCUT2D eigenvalue weighted by atomic mass is 35.5. The third-order valence-corrected chi connectivity index (χ3v) is 3.80. The van der Waals surface area contributed by atoms with Crippen LogP contribution < -0.4 is 10.6 Å². The molecular formula is C12H19ClN4. The zero-order valence-corrected chi connectivity index (χ0v) is 11.1. The maximum absolute atomic E-state index is 6.12. The highest BCUT2D eigenvalue weighted by molar-refractivity contribution is 6.32. The van der Waals surface area contributed by atoms with Crippen LogP contribution >= 0.6 is 11.6 Å². The average molecular weight is 255 g/mol. The second-order valence-electron chi connectivity index (χ2n) is 4.94. The van der Waals surface area contributed by atoms with E-state index >= 15 is 0 Å². The molecule has 2 N–H and O–H groups in total. The molecule has 1 aliphatic rings. The Hall–Kier alpha value is -1.03. The van der Waals surface area contributed by atoms with Gasteiger partial charge in [0.15, 0.2) is 5.82 Å². The Labute approximate surface area is 107 Å². The third kappa shape index (κ3) is 2.80. The molecule has 4 nitrogen and oxygen atoms in total. The van der Waals surface area contributed by atoms with E-state index in [4.69, 9.17) is 17.3 Å². The minimum Gasteiger partial charge on any atom is -0.368 e. The van der Waals surface area contributed by atoms with Crippen molar-refractivity contribution in [1.82, 2.24) is 9.97 Å². The third-order valence-electron chi connectivity index (χ3n) is 3.53. The van der Waals surface area contributed by atoms with Crippen LogP contribution in [0.15, 0.2) is 6.20 Å². The second-order valence-corrected chi connectivity index (χ2v) is 5.34. The van der Waals surface area contributed by atoms with Crippen molar-refractivity contribution in [2.24, 2.45) is 5.92 Å². The number of hydrogen-bond acceptors (Lipinski definition) is 4. The first-order valence-corrected chi connectivity index (χ1v) is 6.46. The number of anilines is 2. The Morgan fingerprint density at radius 1 is 1.47 bits per heavy atom. The van der Waals surface area contributed by atoms with Crippen molar-refractivity contribution in [3.8, 4) is 0 Å². The zero-order chi connectivity index (χ0) is 12.4. The SMILES string of the molecule is CC1CCCC(N(C)c2nc(N)ncc2Cl)C1. The number of nitrogen functional groups attached to an aromatic ring is 1. The summed E-state index contributed by atoms with van der Waals surface area (Å²) in [6.07, 6.45) is 6.55. The van der Waals surface area contributed by atoms with Crippen LogP contribution in [0.5, 0.6) is 0 Å². The van der Waals surface area contributed by atoms with Crippen molar-refractivity contribution in [2.45, 2.75) is 38.6 Å². The molecule has 0 aromatic carbocycles. The van der Waals surface area contributed by atoms with Gasteiger partial charge in [0.2, 0.25) is 5.95 Å². The van der Waals surface area contributed by atoms with E-state index in [-0.39, 0.29) is 5.95 Å². The lowest BCUT2D eigenvalue weighted by atomic mass is 9.86. The van der Waals surface area contributed by atoms with Gasteiger partial charge in [-0.15, -0.1) is 0 Å². The van der Waals surface area contributed by atoms with Gasteiger partial charge in [-0.25, -0.2) is 4.98 Å². The summed E-state index contributed by atoms with van der Waals surface area (Å²) in [6.45, 7) is 2.30. The van der Waals surface area contributed by atoms with Gasteiger partial charge in [0.05, 0.1) is 6.20 Å². The van der Waals surface area contributed by atoms with E-state index < -0.39 is 0 Å². The van der Waals surface area contributed by atoms with Gasteiger partial charge in [0.1, 0.15) is 5.02 Å². The first-order valence-electron chi connectivity index (χ1n) is 6.08. The molecule has 94 valence electrons. The van der Waals surface area contributed by atoms with Gasteiger partial charge in [-0.05, 0) is 18.8 Å². The molecule has 2 rings (SSSR count). The van der Waals surface area contributed by atoms with E-state index in [0.29, 0.717) is 11.1 Å².